The van der Waals surface area contributed by atoms with Crippen LogP contribution in [-0.4, -0.2) is 62.4 Å². The molecular formula is C26H33N7O4S. The van der Waals surface area contributed by atoms with Gasteiger partial charge in [0.25, 0.3) is 0 Å². The monoisotopic (exact) mass is 539 g/mol. The van der Waals surface area contributed by atoms with Crippen molar-refractivity contribution in [1.82, 2.24) is 14.7 Å². The first-order chi connectivity index (χ1) is 18.2. The summed E-state index contributed by atoms with van der Waals surface area (Å²) in [7, 11) is -2.13. The molecule has 1 atom stereocenters. The second kappa shape index (κ2) is 10.6. The lowest BCUT2D eigenvalue weighted by atomic mass is 10.2. The number of hydrogen-bond acceptors (Lipinski definition) is 10. The molecule has 0 aliphatic carbocycles. The van der Waals surface area contributed by atoms with E-state index in [-0.39, 0.29) is 17.0 Å². The minimum absolute atomic E-state index is 0.144. The van der Waals surface area contributed by atoms with E-state index in [0.29, 0.717) is 54.2 Å². The van der Waals surface area contributed by atoms with Gasteiger partial charge in [0.1, 0.15) is 22.3 Å². The molecule has 0 bridgehead atoms. The highest BCUT2D eigenvalue weighted by Gasteiger charge is 2.24. The van der Waals surface area contributed by atoms with Crippen LogP contribution in [0.15, 0.2) is 47.4 Å². The van der Waals surface area contributed by atoms with Crippen LogP contribution < -0.4 is 30.3 Å². The molecule has 12 heteroatoms. The van der Waals surface area contributed by atoms with Gasteiger partial charge in [-0.3, -0.25) is 0 Å². The van der Waals surface area contributed by atoms with Gasteiger partial charge in [-0.1, -0.05) is 12.1 Å². The van der Waals surface area contributed by atoms with Crippen LogP contribution in [0, 0.1) is 0 Å². The summed E-state index contributed by atoms with van der Waals surface area (Å²) in [6, 6.07) is 12.3. The first-order valence-corrected chi connectivity index (χ1v) is 14.1. The summed E-state index contributed by atoms with van der Waals surface area (Å²) >= 11 is 0. The first-order valence-electron chi connectivity index (χ1n) is 12.6. The summed E-state index contributed by atoms with van der Waals surface area (Å²) in [6.45, 7) is 5.65. The van der Waals surface area contributed by atoms with E-state index in [9.17, 15) is 13.5 Å². The number of rotatable bonds is 9. The molecule has 5 N–H and O–H groups in total. The summed E-state index contributed by atoms with van der Waals surface area (Å²) in [6.07, 6.45) is 1.13. The molecule has 0 radical (unpaired) electrons. The Hall–Kier alpha value is -3.61. The number of β-amino-alcohol motifs (C(OH)–C–C–N with tert-alkyl or cyclic N) is 1. The number of anilines is 6. The molecule has 38 heavy (non-hydrogen) atoms. The van der Waals surface area contributed by atoms with Gasteiger partial charge in [-0.2, -0.15) is 9.97 Å². The van der Waals surface area contributed by atoms with E-state index in [1.807, 2.05) is 18.2 Å². The van der Waals surface area contributed by atoms with Crippen LogP contribution in [0.5, 0.6) is 5.75 Å². The first kappa shape index (κ1) is 26.0. The van der Waals surface area contributed by atoms with Crippen molar-refractivity contribution in [2.24, 2.45) is 0 Å². The van der Waals surface area contributed by atoms with E-state index < -0.39 is 10.0 Å². The van der Waals surface area contributed by atoms with Crippen LogP contribution in [0.3, 0.4) is 0 Å². The third-order valence-corrected chi connectivity index (χ3v) is 8.17. The normalized spacial score (nSPS) is 16.9. The number of methoxy groups -OCH3 is 1. The maximum absolute atomic E-state index is 13.0. The topological polar surface area (TPSA) is 141 Å². The van der Waals surface area contributed by atoms with Gasteiger partial charge in [0.15, 0.2) is 0 Å². The van der Waals surface area contributed by atoms with Gasteiger partial charge in [0.2, 0.25) is 16.0 Å². The standard InChI is InChI=1S/C26H33N7O4S/c1-16(2)32-38(35,36)23-7-5-4-6-21(23)28-25-19-10-12-27-24(19)30-26(31-25)29-20-9-8-17(14-22(20)37-3)33-13-11-18(34)15-33/h4-9,14,16,18,32,34H,10-13,15H2,1-3H3,(H3,27,28,29,30,31). The third kappa shape index (κ3) is 5.47. The van der Waals surface area contributed by atoms with Crippen molar-refractivity contribution in [3.63, 3.8) is 0 Å². The number of para-hydroxylation sites is 1. The van der Waals surface area contributed by atoms with E-state index in [1.54, 1.807) is 45.2 Å². The number of aliphatic hydroxyl groups excluding tert-OH is 1. The number of nitrogens with zero attached hydrogens (tertiary/aromatic N) is 3. The lowest BCUT2D eigenvalue weighted by molar-refractivity contribution is 0.198. The molecule has 2 aromatic carbocycles. The lowest BCUT2D eigenvalue weighted by Gasteiger charge is -2.20. The molecule has 5 rings (SSSR count). The fourth-order valence-corrected chi connectivity index (χ4v) is 6.13. The Labute approximate surface area is 222 Å². The van der Waals surface area contributed by atoms with Crippen molar-refractivity contribution in [3.8, 4) is 5.75 Å². The summed E-state index contributed by atoms with van der Waals surface area (Å²) in [4.78, 5) is 11.6. The van der Waals surface area contributed by atoms with Gasteiger partial charge in [0.05, 0.1) is 24.6 Å². The van der Waals surface area contributed by atoms with Crippen molar-refractivity contribution in [2.45, 2.75) is 43.7 Å². The van der Waals surface area contributed by atoms with Crippen molar-refractivity contribution >= 4 is 44.7 Å². The molecule has 2 aliphatic rings. The number of nitrogens with one attached hydrogen (secondary N) is 4. The Balaban J connectivity index is 1.45. The van der Waals surface area contributed by atoms with E-state index in [1.165, 1.54) is 0 Å². The number of aliphatic hydroxyl groups is 1. The second-order valence-corrected chi connectivity index (χ2v) is 11.4. The highest BCUT2D eigenvalue weighted by molar-refractivity contribution is 7.89. The van der Waals surface area contributed by atoms with E-state index >= 15 is 0 Å². The number of sulfonamides is 1. The molecule has 0 spiro atoms. The van der Waals surface area contributed by atoms with Gasteiger partial charge in [-0.05, 0) is 51.0 Å². The SMILES string of the molecule is COc1cc(N2CCC(O)C2)ccc1Nc1nc2c(c(Nc3ccccc3S(=O)(=O)NC(C)C)n1)CCN2. The molecule has 3 aromatic rings. The van der Waals surface area contributed by atoms with Gasteiger partial charge >= 0.3 is 0 Å². The van der Waals surface area contributed by atoms with Gasteiger partial charge in [-0.25, -0.2) is 13.1 Å². The molecule has 3 heterocycles. The van der Waals surface area contributed by atoms with Crippen molar-refractivity contribution in [2.75, 3.05) is 47.6 Å². The molecule has 1 aromatic heterocycles. The van der Waals surface area contributed by atoms with Crippen molar-refractivity contribution in [3.05, 3.63) is 48.0 Å². The van der Waals surface area contributed by atoms with Crippen LogP contribution in [0.4, 0.5) is 34.6 Å². The largest absolute Gasteiger partial charge is 0.494 e. The van der Waals surface area contributed by atoms with E-state index in [2.05, 4.69) is 30.6 Å². The second-order valence-electron chi connectivity index (χ2n) is 9.70. The fourth-order valence-electron chi connectivity index (χ4n) is 4.71. The maximum Gasteiger partial charge on any atom is 0.242 e. The molecule has 0 amide bonds. The summed E-state index contributed by atoms with van der Waals surface area (Å²) in [5, 5.41) is 19.7. The smallest absolute Gasteiger partial charge is 0.242 e. The Morgan fingerprint density at radius 3 is 2.68 bits per heavy atom. The number of hydrogen-bond donors (Lipinski definition) is 5. The fraction of sp³-hybridized carbons (Fsp3) is 0.385. The zero-order valence-corrected chi connectivity index (χ0v) is 22.5. The van der Waals surface area contributed by atoms with E-state index in [4.69, 9.17) is 9.72 Å². The van der Waals surface area contributed by atoms with Crippen LogP contribution in [0.25, 0.3) is 0 Å². The van der Waals surface area contributed by atoms with Crippen LogP contribution in [0.1, 0.15) is 25.8 Å². The lowest BCUT2D eigenvalue weighted by Crippen LogP contribution is -2.30. The number of ether oxygens (including phenoxy) is 1. The molecule has 0 saturated carbocycles. The zero-order chi connectivity index (χ0) is 26.9. The van der Waals surface area contributed by atoms with Crippen LogP contribution in [-0.2, 0) is 16.4 Å². The Kier molecular flexibility index (Phi) is 7.28. The molecular weight excluding hydrogens is 506 g/mol. The summed E-state index contributed by atoms with van der Waals surface area (Å²) in [5.74, 6) is 2.17. The maximum atomic E-state index is 13.0. The van der Waals surface area contributed by atoms with Crippen LogP contribution >= 0.6 is 0 Å². The van der Waals surface area contributed by atoms with Gasteiger partial charge < -0.3 is 30.7 Å². The number of fused-ring (bicyclic) bond motifs is 1. The zero-order valence-electron chi connectivity index (χ0n) is 21.7. The number of aromatic nitrogens is 2. The predicted molar refractivity (Wildman–Crippen MR) is 149 cm³/mol. The highest BCUT2D eigenvalue weighted by atomic mass is 32.2. The third-order valence-electron chi connectivity index (χ3n) is 6.46. The summed E-state index contributed by atoms with van der Waals surface area (Å²) in [5.41, 5.74) is 2.96. The van der Waals surface area contributed by atoms with Crippen molar-refractivity contribution in [1.29, 1.82) is 0 Å². The summed E-state index contributed by atoms with van der Waals surface area (Å²) < 4.78 is 34.2. The van der Waals surface area contributed by atoms with Gasteiger partial charge in [0, 0.05) is 43.0 Å². The molecule has 202 valence electrons. The van der Waals surface area contributed by atoms with Crippen molar-refractivity contribution < 1.29 is 18.3 Å². The molecule has 1 saturated heterocycles. The Morgan fingerprint density at radius 2 is 1.95 bits per heavy atom. The molecule has 1 unspecified atom stereocenters. The van der Waals surface area contributed by atoms with Crippen LogP contribution in [0.2, 0.25) is 0 Å². The average Bonchev–Trinajstić information content (AvgIpc) is 3.53. The predicted octanol–water partition coefficient (Wildman–Crippen LogP) is 3.20. The minimum atomic E-state index is -3.73. The highest BCUT2D eigenvalue weighted by Crippen LogP contribution is 2.36. The average molecular weight is 540 g/mol. The number of benzene rings is 2. The van der Waals surface area contributed by atoms with E-state index in [0.717, 1.165) is 24.2 Å². The quantitative estimate of drug-likeness (QED) is 0.275. The Bertz CT molecular complexity index is 1430. The Morgan fingerprint density at radius 1 is 1.13 bits per heavy atom. The molecule has 2 aliphatic heterocycles. The van der Waals surface area contributed by atoms with Gasteiger partial charge in [-0.15, -0.1) is 0 Å². The molecule has 1 fully saturated rings. The molecule has 11 nitrogen and oxygen atoms in total. The minimum Gasteiger partial charge on any atom is -0.494 e.